The van der Waals surface area contributed by atoms with Gasteiger partial charge in [0.15, 0.2) is 5.96 Å². The molecule has 0 bridgehead atoms. The number of rotatable bonds is 9. The molecule has 0 amide bonds. The molecule has 0 aromatic carbocycles. The highest BCUT2D eigenvalue weighted by molar-refractivity contribution is 14.0. The van der Waals surface area contributed by atoms with Gasteiger partial charge in [0.1, 0.15) is 0 Å². The van der Waals surface area contributed by atoms with Crippen LogP contribution < -0.4 is 10.6 Å². The summed E-state index contributed by atoms with van der Waals surface area (Å²) in [5.74, 6) is 0.931. The summed E-state index contributed by atoms with van der Waals surface area (Å²) in [6.07, 6.45) is 3.86. The molecule has 0 unspecified atom stereocenters. The van der Waals surface area contributed by atoms with E-state index in [0.29, 0.717) is 0 Å². The molecule has 1 aromatic rings. The fourth-order valence-corrected chi connectivity index (χ4v) is 3.43. The van der Waals surface area contributed by atoms with Gasteiger partial charge >= 0.3 is 0 Å². The number of nitrogens with zero attached hydrogens (tertiary/aromatic N) is 2. The van der Waals surface area contributed by atoms with Crippen LogP contribution in [-0.4, -0.2) is 43.1 Å². The van der Waals surface area contributed by atoms with E-state index in [-0.39, 0.29) is 24.0 Å². The van der Waals surface area contributed by atoms with Gasteiger partial charge in [-0.1, -0.05) is 13.8 Å². The first kappa shape index (κ1) is 20.7. The van der Waals surface area contributed by atoms with Gasteiger partial charge in [-0.2, -0.15) is 0 Å². The number of aliphatic imine (C=N–C) groups is 1. The Balaban J connectivity index is 0.00000264. The van der Waals surface area contributed by atoms with Crippen molar-refractivity contribution < 1.29 is 0 Å². The van der Waals surface area contributed by atoms with E-state index < -0.39 is 0 Å². The lowest BCUT2D eigenvalue weighted by Gasteiger charge is -2.20. The fourth-order valence-electron chi connectivity index (χ4n) is 2.55. The highest BCUT2D eigenvalue weighted by Gasteiger charge is 2.27. The van der Waals surface area contributed by atoms with E-state index in [4.69, 9.17) is 4.99 Å². The first-order chi connectivity index (χ1) is 10.8. The van der Waals surface area contributed by atoms with Gasteiger partial charge in [0.05, 0.1) is 6.54 Å². The van der Waals surface area contributed by atoms with Gasteiger partial charge < -0.3 is 10.6 Å². The molecule has 1 heterocycles. The van der Waals surface area contributed by atoms with Crippen LogP contribution in [0.2, 0.25) is 0 Å². The zero-order valence-corrected chi connectivity index (χ0v) is 17.7. The summed E-state index contributed by atoms with van der Waals surface area (Å²) in [5, 5.41) is 6.80. The SMILES string of the molecule is CCNC(=NCc1ccc(CC)s1)NCCN(CC)C1CC1.I. The second-order valence-electron chi connectivity index (χ2n) is 5.70. The summed E-state index contributed by atoms with van der Waals surface area (Å²) >= 11 is 1.87. The zero-order chi connectivity index (χ0) is 15.8. The van der Waals surface area contributed by atoms with Crippen molar-refractivity contribution in [3.8, 4) is 0 Å². The quantitative estimate of drug-likeness (QED) is 0.344. The Morgan fingerprint density at radius 3 is 2.52 bits per heavy atom. The van der Waals surface area contributed by atoms with Crippen molar-refractivity contribution in [3.63, 3.8) is 0 Å². The molecule has 1 aliphatic rings. The number of hydrogen-bond donors (Lipinski definition) is 2. The van der Waals surface area contributed by atoms with Crippen LogP contribution in [0.25, 0.3) is 0 Å². The van der Waals surface area contributed by atoms with Crippen LogP contribution in [0.1, 0.15) is 43.4 Å². The van der Waals surface area contributed by atoms with Crippen molar-refractivity contribution in [2.75, 3.05) is 26.2 Å². The third-order valence-electron chi connectivity index (χ3n) is 3.96. The highest BCUT2D eigenvalue weighted by Crippen LogP contribution is 2.25. The predicted octanol–water partition coefficient (Wildman–Crippen LogP) is 3.47. The lowest BCUT2D eigenvalue weighted by Crippen LogP contribution is -2.42. The Bertz CT molecular complexity index is 471. The van der Waals surface area contributed by atoms with Gasteiger partial charge in [0, 0.05) is 35.4 Å². The maximum atomic E-state index is 4.70. The molecule has 1 saturated carbocycles. The largest absolute Gasteiger partial charge is 0.357 e. The molecular formula is C17H31IN4S. The Hall–Kier alpha value is -0.340. The van der Waals surface area contributed by atoms with Crippen molar-refractivity contribution >= 4 is 41.3 Å². The Labute approximate surface area is 162 Å². The van der Waals surface area contributed by atoms with Gasteiger partial charge in [0.2, 0.25) is 0 Å². The van der Waals surface area contributed by atoms with Crippen LogP contribution in [0.3, 0.4) is 0 Å². The van der Waals surface area contributed by atoms with Crippen molar-refractivity contribution in [3.05, 3.63) is 21.9 Å². The molecule has 0 saturated heterocycles. The number of guanidine groups is 1. The third kappa shape index (κ3) is 7.39. The van der Waals surface area contributed by atoms with Crippen molar-refractivity contribution in [2.24, 2.45) is 4.99 Å². The smallest absolute Gasteiger partial charge is 0.191 e. The second kappa shape index (κ2) is 11.3. The average molecular weight is 450 g/mol. The van der Waals surface area contributed by atoms with E-state index in [2.05, 4.69) is 48.4 Å². The van der Waals surface area contributed by atoms with E-state index in [1.54, 1.807) is 0 Å². The lowest BCUT2D eigenvalue weighted by atomic mass is 10.4. The van der Waals surface area contributed by atoms with Crippen LogP contribution in [0.4, 0.5) is 0 Å². The summed E-state index contributed by atoms with van der Waals surface area (Å²) in [7, 11) is 0. The zero-order valence-electron chi connectivity index (χ0n) is 14.6. The molecule has 0 atom stereocenters. The van der Waals surface area contributed by atoms with Crippen LogP contribution in [0.5, 0.6) is 0 Å². The standard InChI is InChI=1S/C17H30N4S.HI/c1-4-15-9-10-16(22-15)13-20-17(18-5-2)19-11-12-21(6-3)14-7-8-14;/h9-10,14H,4-8,11-13H2,1-3H3,(H2,18,19,20);1H. The summed E-state index contributed by atoms with van der Waals surface area (Å²) < 4.78 is 0. The Kier molecular flexibility index (Phi) is 10.1. The number of halogens is 1. The summed E-state index contributed by atoms with van der Waals surface area (Å²) in [6, 6.07) is 5.25. The van der Waals surface area contributed by atoms with E-state index in [9.17, 15) is 0 Å². The van der Waals surface area contributed by atoms with Crippen LogP contribution in [-0.2, 0) is 13.0 Å². The van der Waals surface area contributed by atoms with E-state index >= 15 is 0 Å². The maximum absolute atomic E-state index is 4.70. The summed E-state index contributed by atoms with van der Waals surface area (Å²) in [5.41, 5.74) is 0. The summed E-state index contributed by atoms with van der Waals surface area (Å²) in [4.78, 5) is 10.0. The van der Waals surface area contributed by atoms with Gasteiger partial charge in [-0.3, -0.25) is 4.90 Å². The predicted molar refractivity (Wildman–Crippen MR) is 112 cm³/mol. The van der Waals surface area contributed by atoms with E-state index in [1.807, 2.05) is 11.3 Å². The topological polar surface area (TPSA) is 39.7 Å². The van der Waals surface area contributed by atoms with Gasteiger partial charge in [0.25, 0.3) is 0 Å². The minimum absolute atomic E-state index is 0. The maximum Gasteiger partial charge on any atom is 0.191 e. The number of thiophene rings is 1. The number of likely N-dealkylation sites (N-methyl/N-ethyl adjacent to an activating group) is 1. The van der Waals surface area contributed by atoms with Crippen molar-refractivity contribution in [1.82, 2.24) is 15.5 Å². The Morgan fingerprint density at radius 1 is 1.22 bits per heavy atom. The first-order valence-corrected chi connectivity index (χ1v) is 9.42. The van der Waals surface area contributed by atoms with E-state index in [1.165, 1.54) is 22.6 Å². The van der Waals surface area contributed by atoms with Crippen LogP contribution in [0.15, 0.2) is 17.1 Å². The first-order valence-electron chi connectivity index (χ1n) is 8.60. The molecule has 0 radical (unpaired) electrons. The molecule has 0 aliphatic heterocycles. The molecule has 4 nitrogen and oxygen atoms in total. The molecule has 6 heteroatoms. The molecule has 2 N–H and O–H groups in total. The number of aryl methyl sites for hydroxylation is 1. The van der Waals surface area contributed by atoms with Crippen LogP contribution >= 0.6 is 35.3 Å². The van der Waals surface area contributed by atoms with Gasteiger partial charge in [-0.05, 0) is 44.9 Å². The minimum atomic E-state index is 0. The normalized spacial score (nSPS) is 14.7. The molecule has 2 rings (SSSR count). The molecule has 1 fully saturated rings. The van der Waals surface area contributed by atoms with Crippen molar-refractivity contribution in [1.29, 1.82) is 0 Å². The fraction of sp³-hybridized carbons (Fsp3) is 0.706. The number of nitrogens with one attached hydrogen (secondary N) is 2. The van der Waals surface area contributed by atoms with Crippen molar-refractivity contribution in [2.45, 2.75) is 52.6 Å². The molecular weight excluding hydrogens is 419 g/mol. The molecule has 1 aromatic heterocycles. The summed E-state index contributed by atoms with van der Waals surface area (Å²) in [6.45, 7) is 11.4. The minimum Gasteiger partial charge on any atom is -0.357 e. The third-order valence-corrected chi connectivity index (χ3v) is 5.18. The monoisotopic (exact) mass is 450 g/mol. The number of hydrogen-bond acceptors (Lipinski definition) is 3. The lowest BCUT2D eigenvalue weighted by molar-refractivity contribution is 0.282. The highest BCUT2D eigenvalue weighted by atomic mass is 127. The second-order valence-corrected chi connectivity index (χ2v) is 6.96. The Morgan fingerprint density at radius 2 is 1.96 bits per heavy atom. The molecule has 132 valence electrons. The van der Waals surface area contributed by atoms with Gasteiger partial charge in [-0.15, -0.1) is 35.3 Å². The van der Waals surface area contributed by atoms with Crippen LogP contribution in [0, 0.1) is 0 Å². The average Bonchev–Trinajstić information content (AvgIpc) is 3.27. The molecule has 1 aliphatic carbocycles. The van der Waals surface area contributed by atoms with Gasteiger partial charge in [-0.25, -0.2) is 4.99 Å². The van der Waals surface area contributed by atoms with E-state index in [0.717, 1.165) is 51.1 Å². The molecule has 23 heavy (non-hydrogen) atoms. The molecule has 0 spiro atoms.